The van der Waals surface area contributed by atoms with Gasteiger partial charge in [0.05, 0.1) is 0 Å². The molecule has 1 aliphatic carbocycles. The van der Waals surface area contributed by atoms with Crippen molar-refractivity contribution >= 4 is 26.8 Å². The molecule has 0 amide bonds. The van der Waals surface area contributed by atoms with Gasteiger partial charge in [-0.2, -0.15) is 0 Å². The molecule has 3 heteroatoms. The zero-order valence-corrected chi connectivity index (χ0v) is 13.5. The summed E-state index contributed by atoms with van der Waals surface area (Å²) in [5, 5.41) is 5.04. The van der Waals surface area contributed by atoms with Gasteiger partial charge >= 0.3 is 0 Å². The van der Waals surface area contributed by atoms with Crippen molar-refractivity contribution in [2.24, 2.45) is 0 Å². The lowest BCUT2D eigenvalue weighted by atomic mass is 9.95. The minimum atomic E-state index is 0.779. The predicted molar refractivity (Wildman–Crippen MR) is 89.1 cm³/mol. The lowest BCUT2D eigenvalue weighted by Crippen LogP contribution is -2.32. The summed E-state index contributed by atoms with van der Waals surface area (Å²) in [7, 11) is 0. The van der Waals surface area contributed by atoms with Crippen LogP contribution >= 0.6 is 15.9 Å². The number of aromatic nitrogens is 1. The molecular weight excluding hydrogens is 312 g/mol. The third kappa shape index (κ3) is 3.44. The van der Waals surface area contributed by atoms with E-state index in [0.29, 0.717) is 0 Å². The number of rotatable bonds is 5. The van der Waals surface area contributed by atoms with E-state index in [0.717, 1.165) is 23.6 Å². The number of aryl methyl sites for hydroxylation is 1. The number of hydrogen-bond acceptors (Lipinski definition) is 1. The lowest BCUT2D eigenvalue weighted by Gasteiger charge is -2.22. The van der Waals surface area contributed by atoms with Gasteiger partial charge in [-0.25, -0.2) is 0 Å². The molecular formula is C17H23BrN2. The van der Waals surface area contributed by atoms with Crippen molar-refractivity contribution in [1.29, 1.82) is 0 Å². The van der Waals surface area contributed by atoms with Crippen molar-refractivity contribution in [2.45, 2.75) is 51.1 Å². The van der Waals surface area contributed by atoms with Crippen molar-refractivity contribution in [1.82, 2.24) is 9.88 Å². The zero-order valence-electron chi connectivity index (χ0n) is 11.9. The number of nitrogens with zero attached hydrogens (tertiary/aromatic N) is 1. The van der Waals surface area contributed by atoms with Gasteiger partial charge in [-0.05, 0) is 50.1 Å². The van der Waals surface area contributed by atoms with Crippen molar-refractivity contribution < 1.29 is 0 Å². The molecule has 0 bridgehead atoms. The summed E-state index contributed by atoms with van der Waals surface area (Å²) in [5.41, 5.74) is 1.34. The third-order valence-corrected chi connectivity index (χ3v) is 4.84. The van der Waals surface area contributed by atoms with Crippen LogP contribution in [-0.2, 0) is 6.54 Å². The van der Waals surface area contributed by atoms with E-state index in [1.54, 1.807) is 0 Å². The third-order valence-electron chi connectivity index (χ3n) is 4.35. The van der Waals surface area contributed by atoms with E-state index in [4.69, 9.17) is 0 Å². The van der Waals surface area contributed by atoms with Crippen LogP contribution in [0.5, 0.6) is 0 Å². The maximum absolute atomic E-state index is 3.72. The van der Waals surface area contributed by atoms with Crippen LogP contribution in [0.1, 0.15) is 38.5 Å². The second kappa shape index (κ2) is 6.77. The Labute approximate surface area is 129 Å². The first-order valence-corrected chi connectivity index (χ1v) is 8.60. The van der Waals surface area contributed by atoms with E-state index >= 15 is 0 Å². The summed E-state index contributed by atoms with van der Waals surface area (Å²) in [6, 6.07) is 9.49. The Balaban J connectivity index is 1.49. The van der Waals surface area contributed by atoms with Crippen molar-refractivity contribution in [3.63, 3.8) is 0 Å². The van der Waals surface area contributed by atoms with E-state index in [1.807, 2.05) is 0 Å². The fourth-order valence-electron chi connectivity index (χ4n) is 3.23. The van der Waals surface area contributed by atoms with Gasteiger partial charge in [0.25, 0.3) is 0 Å². The smallest absolute Gasteiger partial charge is 0.0481 e. The Hall–Kier alpha value is -0.800. The molecule has 1 saturated carbocycles. The van der Waals surface area contributed by atoms with Crippen molar-refractivity contribution in [3.05, 3.63) is 34.9 Å². The molecule has 0 saturated heterocycles. The van der Waals surface area contributed by atoms with Gasteiger partial charge in [-0.15, -0.1) is 0 Å². The minimum Gasteiger partial charge on any atom is -0.347 e. The molecule has 1 aliphatic rings. The Morgan fingerprint density at radius 2 is 2.00 bits per heavy atom. The van der Waals surface area contributed by atoms with Crippen molar-refractivity contribution in [3.8, 4) is 0 Å². The minimum absolute atomic E-state index is 0.779. The maximum Gasteiger partial charge on any atom is 0.0481 e. The molecule has 108 valence electrons. The highest BCUT2D eigenvalue weighted by atomic mass is 79.9. The summed E-state index contributed by atoms with van der Waals surface area (Å²) in [6.45, 7) is 2.24. The summed E-state index contributed by atoms with van der Waals surface area (Å²) in [4.78, 5) is 0. The Kier molecular flexibility index (Phi) is 4.79. The van der Waals surface area contributed by atoms with Crippen LogP contribution in [-0.4, -0.2) is 17.2 Å². The van der Waals surface area contributed by atoms with E-state index in [9.17, 15) is 0 Å². The number of benzene rings is 1. The van der Waals surface area contributed by atoms with Gasteiger partial charge in [0, 0.05) is 34.2 Å². The topological polar surface area (TPSA) is 17.0 Å². The molecule has 0 spiro atoms. The van der Waals surface area contributed by atoms with E-state index in [2.05, 4.69) is 56.3 Å². The summed E-state index contributed by atoms with van der Waals surface area (Å²) in [6.07, 6.45) is 10.4. The highest BCUT2D eigenvalue weighted by molar-refractivity contribution is 9.10. The largest absolute Gasteiger partial charge is 0.347 e. The molecule has 1 N–H and O–H groups in total. The van der Waals surface area contributed by atoms with E-state index < -0.39 is 0 Å². The van der Waals surface area contributed by atoms with Gasteiger partial charge in [0.2, 0.25) is 0 Å². The van der Waals surface area contributed by atoms with Crippen LogP contribution in [0.4, 0.5) is 0 Å². The Morgan fingerprint density at radius 3 is 2.85 bits per heavy atom. The van der Waals surface area contributed by atoms with Gasteiger partial charge in [-0.3, -0.25) is 0 Å². The molecule has 1 heterocycles. The molecule has 3 rings (SSSR count). The average Bonchev–Trinajstić information content (AvgIpc) is 2.87. The Bertz CT molecular complexity index is 555. The lowest BCUT2D eigenvalue weighted by molar-refractivity contribution is 0.369. The van der Waals surface area contributed by atoms with Gasteiger partial charge in [0.1, 0.15) is 0 Å². The molecule has 1 aromatic carbocycles. The van der Waals surface area contributed by atoms with Crippen LogP contribution < -0.4 is 5.32 Å². The quantitative estimate of drug-likeness (QED) is 0.783. The summed E-state index contributed by atoms with van der Waals surface area (Å²) in [5.74, 6) is 0. The zero-order chi connectivity index (χ0) is 13.8. The van der Waals surface area contributed by atoms with Crippen LogP contribution in [0.3, 0.4) is 0 Å². The highest BCUT2D eigenvalue weighted by Gasteiger charge is 2.11. The molecule has 20 heavy (non-hydrogen) atoms. The van der Waals surface area contributed by atoms with Crippen LogP contribution in [0, 0.1) is 0 Å². The molecule has 1 fully saturated rings. The summed E-state index contributed by atoms with van der Waals surface area (Å²) >= 11 is 3.53. The van der Waals surface area contributed by atoms with E-state index in [1.165, 1.54) is 49.4 Å². The predicted octanol–water partition coefficient (Wildman–Crippen LogP) is 4.72. The number of halogens is 1. The van der Waals surface area contributed by atoms with Crippen molar-refractivity contribution in [2.75, 3.05) is 6.54 Å². The van der Waals surface area contributed by atoms with E-state index in [-0.39, 0.29) is 0 Å². The molecule has 2 aromatic rings. The molecule has 0 atom stereocenters. The number of fused-ring (bicyclic) bond motifs is 1. The second-order valence-electron chi connectivity index (χ2n) is 5.85. The second-order valence-corrected chi connectivity index (χ2v) is 6.77. The average molecular weight is 335 g/mol. The molecule has 0 unspecified atom stereocenters. The normalized spacial score (nSPS) is 16.9. The first-order chi connectivity index (χ1) is 9.83. The Morgan fingerprint density at radius 1 is 1.15 bits per heavy atom. The monoisotopic (exact) mass is 334 g/mol. The summed E-state index contributed by atoms with van der Waals surface area (Å²) < 4.78 is 3.52. The fraction of sp³-hybridized carbons (Fsp3) is 0.529. The maximum atomic E-state index is 3.72. The standard InChI is InChI=1S/C17H23BrN2/c18-15-7-8-17-14(13-15)9-12-20(17)11-4-10-19-16-5-2-1-3-6-16/h7-9,12-13,16,19H,1-6,10-11H2. The molecule has 0 aliphatic heterocycles. The first-order valence-electron chi connectivity index (χ1n) is 7.81. The van der Waals surface area contributed by atoms with Crippen LogP contribution in [0.2, 0.25) is 0 Å². The highest BCUT2D eigenvalue weighted by Crippen LogP contribution is 2.21. The first kappa shape index (κ1) is 14.2. The molecule has 0 radical (unpaired) electrons. The molecule has 2 nitrogen and oxygen atoms in total. The number of hydrogen-bond donors (Lipinski definition) is 1. The van der Waals surface area contributed by atoms with Gasteiger partial charge in [0.15, 0.2) is 0 Å². The number of nitrogens with one attached hydrogen (secondary N) is 1. The molecule has 1 aromatic heterocycles. The fourth-order valence-corrected chi connectivity index (χ4v) is 3.61. The van der Waals surface area contributed by atoms with Crippen LogP contribution in [0.15, 0.2) is 34.9 Å². The SMILES string of the molecule is Brc1ccc2c(ccn2CCCNC2CCCCC2)c1. The van der Waals surface area contributed by atoms with Gasteiger partial charge in [-0.1, -0.05) is 35.2 Å². The van der Waals surface area contributed by atoms with Crippen LogP contribution in [0.25, 0.3) is 10.9 Å². The van der Waals surface area contributed by atoms with Gasteiger partial charge < -0.3 is 9.88 Å².